The molecule has 0 spiro atoms. The van der Waals surface area contributed by atoms with Crippen molar-refractivity contribution in [1.82, 2.24) is 0 Å². The lowest BCUT2D eigenvalue weighted by Gasteiger charge is -2.13. The molecule has 2 heterocycles. The van der Waals surface area contributed by atoms with Crippen LogP contribution >= 0.6 is 11.3 Å². The normalized spacial score (nSPS) is 19.5. The maximum Gasteiger partial charge on any atom is 0.348 e. The Morgan fingerprint density at radius 3 is 3.06 bits per heavy atom. The fourth-order valence-corrected chi connectivity index (χ4v) is 2.63. The van der Waals surface area contributed by atoms with Gasteiger partial charge in [-0.3, -0.25) is 4.79 Å². The Morgan fingerprint density at radius 2 is 2.47 bits per heavy atom. The van der Waals surface area contributed by atoms with E-state index in [0.717, 1.165) is 5.69 Å². The highest BCUT2D eigenvalue weighted by atomic mass is 32.1. The highest BCUT2D eigenvalue weighted by Gasteiger charge is 2.29. The summed E-state index contributed by atoms with van der Waals surface area (Å²) in [6.07, 6.45) is 2.29. The predicted molar refractivity (Wildman–Crippen MR) is 66.3 cm³/mol. The second-order valence-electron chi connectivity index (χ2n) is 3.86. The fourth-order valence-electron chi connectivity index (χ4n) is 1.82. The molecule has 0 N–H and O–H groups in total. The molecule has 1 aliphatic heterocycles. The van der Waals surface area contributed by atoms with E-state index in [2.05, 4.69) is 11.3 Å². The number of hydrogen-bond acceptors (Lipinski definition) is 4. The van der Waals surface area contributed by atoms with E-state index in [0.29, 0.717) is 17.8 Å². The summed E-state index contributed by atoms with van der Waals surface area (Å²) in [6.45, 7) is 4.34. The van der Waals surface area contributed by atoms with Crippen LogP contribution < -0.4 is 4.90 Å². The Kier molecular flexibility index (Phi) is 3.28. The van der Waals surface area contributed by atoms with Gasteiger partial charge in [-0.1, -0.05) is 6.08 Å². The monoisotopic (exact) mass is 251 g/mol. The number of rotatable bonds is 3. The molecule has 1 aromatic rings. The molecule has 1 atom stereocenters. The number of nitrogens with zero attached hydrogens (tertiary/aromatic N) is 1. The minimum atomic E-state index is -0.367. The molecule has 1 aliphatic rings. The van der Waals surface area contributed by atoms with E-state index in [1.54, 1.807) is 22.4 Å². The molecule has 1 amide bonds. The Labute approximate surface area is 103 Å². The number of ether oxygens (including phenoxy) is 1. The van der Waals surface area contributed by atoms with Crippen LogP contribution in [0.3, 0.4) is 0 Å². The molecule has 5 heteroatoms. The molecule has 0 saturated carbocycles. The first-order chi connectivity index (χ1) is 8.15. The zero-order valence-electron chi connectivity index (χ0n) is 9.51. The minimum Gasteiger partial charge on any atom is -0.465 e. The van der Waals surface area contributed by atoms with Crippen molar-refractivity contribution in [2.75, 3.05) is 18.6 Å². The number of carbonyl (C=O) groups excluding carboxylic acids is 2. The van der Waals surface area contributed by atoms with Crippen LogP contribution in [-0.2, 0) is 9.53 Å². The van der Waals surface area contributed by atoms with E-state index in [1.807, 2.05) is 0 Å². The van der Waals surface area contributed by atoms with Crippen molar-refractivity contribution in [2.24, 2.45) is 5.92 Å². The molecule has 1 fully saturated rings. The van der Waals surface area contributed by atoms with E-state index in [1.165, 1.54) is 18.4 Å². The van der Waals surface area contributed by atoms with Crippen molar-refractivity contribution in [3.8, 4) is 0 Å². The molecule has 0 radical (unpaired) electrons. The Bertz CT molecular complexity index is 466. The van der Waals surface area contributed by atoms with Gasteiger partial charge < -0.3 is 9.64 Å². The van der Waals surface area contributed by atoms with Crippen LogP contribution in [0.25, 0.3) is 0 Å². The van der Waals surface area contributed by atoms with Gasteiger partial charge >= 0.3 is 5.97 Å². The average molecular weight is 251 g/mol. The summed E-state index contributed by atoms with van der Waals surface area (Å²) in [6, 6.07) is 1.69. The van der Waals surface area contributed by atoms with E-state index < -0.39 is 0 Å². The highest BCUT2D eigenvalue weighted by Crippen LogP contribution is 2.29. The smallest absolute Gasteiger partial charge is 0.348 e. The van der Waals surface area contributed by atoms with Crippen molar-refractivity contribution in [3.63, 3.8) is 0 Å². The molecular formula is C12H13NO3S. The van der Waals surface area contributed by atoms with E-state index in [4.69, 9.17) is 0 Å². The molecule has 0 aromatic carbocycles. The number of methoxy groups -OCH3 is 1. The molecule has 90 valence electrons. The van der Waals surface area contributed by atoms with Crippen LogP contribution in [0.5, 0.6) is 0 Å². The zero-order chi connectivity index (χ0) is 12.4. The summed E-state index contributed by atoms with van der Waals surface area (Å²) in [7, 11) is 1.34. The number of amides is 1. The van der Waals surface area contributed by atoms with Gasteiger partial charge in [-0.15, -0.1) is 17.9 Å². The summed E-state index contributed by atoms with van der Waals surface area (Å²) in [5, 5.41) is 1.80. The summed E-state index contributed by atoms with van der Waals surface area (Å²) in [5.41, 5.74) is 0.768. The summed E-state index contributed by atoms with van der Waals surface area (Å²) >= 11 is 1.29. The Balaban J connectivity index is 2.18. The first kappa shape index (κ1) is 11.9. The number of esters is 1. The molecular weight excluding hydrogens is 238 g/mol. The molecule has 0 bridgehead atoms. The Morgan fingerprint density at radius 1 is 1.71 bits per heavy atom. The second kappa shape index (κ2) is 4.71. The standard InChI is InChI=1S/C12H13NO3S/c1-3-8-4-11(14)13(6-8)9-5-10(17-7-9)12(15)16-2/h3,5,7-8H,1,4,6H2,2H3. The molecule has 1 aromatic heterocycles. The summed E-state index contributed by atoms with van der Waals surface area (Å²) in [5.74, 6) is -0.0961. The first-order valence-corrected chi connectivity index (χ1v) is 6.13. The molecule has 4 nitrogen and oxygen atoms in total. The maximum atomic E-state index is 11.8. The minimum absolute atomic E-state index is 0.0733. The third-order valence-corrected chi connectivity index (χ3v) is 3.67. The molecule has 0 aliphatic carbocycles. The number of hydrogen-bond donors (Lipinski definition) is 0. The van der Waals surface area contributed by atoms with Crippen LogP contribution in [0.1, 0.15) is 16.1 Å². The third kappa shape index (κ3) is 2.24. The van der Waals surface area contributed by atoms with E-state index >= 15 is 0 Å². The van der Waals surface area contributed by atoms with Crippen molar-refractivity contribution in [2.45, 2.75) is 6.42 Å². The lowest BCUT2D eigenvalue weighted by atomic mass is 10.1. The van der Waals surface area contributed by atoms with Crippen LogP contribution in [-0.4, -0.2) is 25.5 Å². The SMILES string of the molecule is C=CC1CC(=O)N(c2csc(C(=O)OC)c2)C1. The fraction of sp³-hybridized carbons (Fsp3) is 0.333. The molecule has 1 saturated heterocycles. The predicted octanol–water partition coefficient (Wildman–Crippen LogP) is 2.07. The van der Waals surface area contributed by atoms with E-state index in [9.17, 15) is 9.59 Å². The van der Waals surface area contributed by atoms with Gasteiger partial charge in [0.2, 0.25) is 5.91 Å². The van der Waals surface area contributed by atoms with Gasteiger partial charge in [-0.05, 0) is 6.07 Å². The number of carbonyl (C=O) groups is 2. The van der Waals surface area contributed by atoms with Crippen LogP contribution in [0.4, 0.5) is 5.69 Å². The number of thiophene rings is 1. The largest absolute Gasteiger partial charge is 0.465 e. The van der Waals surface area contributed by atoms with E-state index in [-0.39, 0.29) is 17.8 Å². The van der Waals surface area contributed by atoms with Crippen LogP contribution in [0.2, 0.25) is 0 Å². The zero-order valence-corrected chi connectivity index (χ0v) is 10.3. The maximum absolute atomic E-state index is 11.8. The summed E-state index contributed by atoms with van der Waals surface area (Å²) in [4.78, 5) is 25.3. The topological polar surface area (TPSA) is 46.6 Å². The van der Waals surface area contributed by atoms with Gasteiger partial charge in [0.15, 0.2) is 0 Å². The van der Waals surface area contributed by atoms with Crippen molar-refractivity contribution >= 4 is 28.9 Å². The van der Waals surface area contributed by atoms with Crippen LogP contribution in [0.15, 0.2) is 24.1 Å². The lowest BCUT2D eigenvalue weighted by Crippen LogP contribution is -2.23. The van der Waals surface area contributed by atoms with Gasteiger partial charge in [0, 0.05) is 24.3 Å². The number of anilines is 1. The summed E-state index contributed by atoms with van der Waals surface area (Å²) < 4.78 is 4.63. The van der Waals surface area contributed by atoms with Gasteiger partial charge in [-0.25, -0.2) is 4.79 Å². The van der Waals surface area contributed by atoms with Gasteiger partial charge in [0.05, 0.1) is 12.8 Å². The molecule has 1 unspecified atom stereocenters. The quantitative estimate of drug-likeness (QED) is 0.610. The molecule has 17 heavy (non-hydrogen) atoms. The van der Waals surface area contributed by atoms with Gasteiger partial charge in [0.1, 0.15) is 4.88 Å². The van der Waals surface area contributed by atoms with Crippen molar-refractivity contribution < 1.29 is 14.3 Å². The lowest BCUT2D eigenvalue weighted by molar-refractivity contribution is -0.117. The average Bonchev–Trinajstić information content (AvgIpc) is 2.94. The Hall–Kier alpha value is -1.62. The van der Waals surface area contributed by atoms with Crippen molar-refractivity contribution in [3.05, 3.63) is 29.0 Å². The third-order valence-electron chi connectivity index (χ3n) is 2.77. The second-order valence-corrected chi connectivity index (χ2v) is 4.78. The van der Waals surface area contributed by atoms with Crippen LogP contribution in [0, 0.1) is 5.92 Å². The highest BCUT2D eigenvalue weighted by molar-refractivity contribution is 7.12. The molecule has 2 rings (SSSR count). The van der Waals surface area contributed by atoms with Gasteiger partial charge in [-0.2, -0.15) is 0 Å². The van der Waals surface area contributed by atoms with Crippen molar-refractivity contribution in [1.29, 1.82) is 0 Å². The van der Waals surface area contributed by atoms with Gasteiger partial charge in [0.25, 0.3) is 0 Å². The first-order valence-electron chi connectivity index (χ1n) is 5.25.